The molecule has 4 rings (SSSR count). The topological polar surface area (TPSA) is 62.5 Å². The van der Waals surface area contributed by atoms with Gasteiger partial charge in [0.1, 0.15) is 12.4 Å². The number of likely N-dealkylation sites (N-methyl/N-ethyl adjacent to an activating group) is 2. The number of unbranched alkanes of at least 4 members (excludes halogenated alkanes) is 2. The van der Waals surface area contributed by atoms with Gasteiger partial charge >= 0.3 is 11.9 Å². The number of amides is 3. The van der Waals surface area contributed by atoms with Crippen LogP contribution in [0.25, 0.3) is 0 Å². The summed E-state index contributed by atoms with van der Waals surface area (Å²) < 4.78 is 16.2. The number of hydrogen-bond acceptors (Lipinski definition) is 5. The number of aliphatic imine (C=N–C) groups is 1. The molecular weight excluding hydrogens is 411 g/mol. The van der Waals surface area contributed by atoms with Crippen molar-refractivity contribution in [1.82, 2.24) is 14.7 Å². The summed E-state index contributed by atoms with van der Waals surface area (Å²) in [5.41, 5.74) is 0.641. The van der Waals surface area contributed by atoms with Gasteiger partial charge in [0.05, 0.1) is 12.2 Å². The second-order valence-electron chi connectivity index (χ2n) is 8.64. The van der Waals surface area contributed by atoms with Gasteiger partial charge in [0, 0.05) is 40.3 Å². The minimum atomic E-state index is -0.533. The van der Waals surface area contributed by atoms with E-state index in [9.17, 15) is 14.0 Å². The predicted octanol–water partition coefficient (Wildman–Crippen LogP) is 1.85. The molecule has 2 fully saturated rings. The molecule has 2 saturated heterocycles. The van der Waals surface area contributed by atoms with Gasteiger partial charge in [0.25, 0.3) is 17.8 Å². The fraction of sp³-hybridized carbons (Fsp3) is 0.565. The highest BCUT2D eigenvalue weighted by molar-refractivity contribution is 6.23. The number of carbonyl (C=O) groups excluding carboxylic acids is 2. The summed E-state index contributed by atoms with van der Waals surface area (Å²) in [5.74, 6) is 0.945. The van der Waals surface area contributed by atoms with E-state index in [0.29, 0.717) is 18.1 Å². The highest BCUT2D eigenvalue weighted by Crippen LogP contribution is 2.22. The van der Waals surface area contributed by atoms with Crippen LogP contribution in [0.2, 0.25) is 0 Å². The van der Waals surface area contributed by atoms with Crippen molar-refractivity contribution >= 4 is 29.3 Å². The normalized spacial score (nSPS) is 22.1. The first-order valence-corrected chi connectivity index (χ1v) is 11.4. The number of nitrogens with zero attached hydrogens (tertiary/aromatic N) is 6. The van der Waals surface area contributed by atoms with Gasteiger partial charge in [-0.2, -0.15) is 0 Å². The summed E-state index contributed by atoms with van der Waals surface area (Å²) in [5, 5.41) is 0. The second kappa shape index (κ2) is 9.36. The summed E-state index contributed by atoms with van der Waals surface area (Å²) >= 11 is 0. The molecule has 1 aromatic rings. The fourth-order valence-electron chi connectivity index (χ4n) is 4.62. The van der Waals surface area contributed by atoms with Crippen molar-refractivity contribution in [2.75, 3.05) is 58.3 Å². The summed E-state index contributed by atoms with van der Waals surface area (Å²) in [4.78, 5) is 37.2. The predicted molar refractivity (Wildman–Crippen MR) is 122 cm³/mol. The number of imide groups is 1. The van der Waals surface area contributed by atoms with Crippen LogP contribution in [0.5, 0.6) is 0 Å². The molecule has 1 atom stereocenters. The summed E-state index contributed by atoms with van der Waals surface area (Å²) in [6.45, 7) is 6.50. The lowest BCUT2D eigenvalue weighted by atomic mass is 10.1. The van der Waals surface area contributed by atoms with Crippen LogP contribution in [0.4, 0.5) is 14.9 Å². The maximum Gasteiger partial charge on any atom is 0.333 e. The molecule has 0 radical (unpaired) electrons. The van der Waals surface area contributed by atoms with Gasteiger partial charge in [-0.25, -0.2) is 13.8 Å². The van der Waals surface area contributed by atoms with Crippen molar-refractivity contribution < 1.29 is 18.6 Å². The maximum absolute atomic E-state index is 14.2. The smallest absolute Gasteiger partial charge is 0.333 e. The SMILES string of the molecule is CCCCC[N+]1=C(CN2CCN(c3ccccc3F)CC2)N=C2C1C(=O)N(C)C(=O)N2C. The lowest BCUT2D eigenvalue weighted by Gasteiger charge is -2.35. The molecule has 3 heterocycles. The van der Waals surface area contributed by atoms with Crippen LogP contribution in [-0.4, -0.2) is 102 Å². The average molecular weight is 444 g/mol. The van der Waals surface area contributed by atoms with Gasteiger partial charge in [-0.3, -0.25) is 19.5 Å². The largest absolute Gasteiger partial charge is 0.367 e. The van der Waals surface area contributed by atoms with E-state index in [0.717, 1.165) is 57.8 Å². The first kappa shape index (κ1) is 22.4. The second-order valence-corrected chi connectivity index (χ2v) is 8.64. The van der Waals surface area contributed by atoms with Crippen molar-refractivity contribution in [3.05, 3.63) is 30.1 Å². The minimum absolute atomic E-state index is 0.195. The quantitative estimate of drug-likeness (QED) is 0.477. The monoisotopic (exact) mass is 443 g/mol. The molecule has 3 amide bonds. The number of para-hydroxylation sites is 1. The Kier molecular flexibility index (Phi) is 6.55. The lowest BCUT2D eigenvalue weighted by molar-refractivity contribution is -0.537. The van der Waals surface area contributed by atoms with E-state index < -0.39 is 6.04 Å². The first-order valence-electron chi connectivity index (χ1n) is 11.4. The zero-order valence-corrected chi connectivity index (χ0v) is 19.1. The number of fused-ring (bicyclic) bond motifs is 1. The molecule has 0 N–H and O–H groups in total. The van der Waals surface area contributed by atoms with E-state index in [1.807, 2.05) is 12.1 Å². The van der Waals surface area contributed by atoms with Crippen molar-refractivity contribution in [3.8, 4) is 0 Å². The van der Waals surface area contributed by atoms with E-state index >= 15 is 0 Å². The number of amidine groups is 2. The highest BCUT2D eigenvalue weighted by Gasteiger charge is 2.52. The Bertz CT molecular complexity index is 954. The van der Waals surface area contributed by atoms with Crippen molar-refractivity contribution in [2.45, 2.75) is 32.2 Å². The van der Waals surface area contributed by atoms with Crippen molar-refractivity contribution in [1.29, 1.82) is 0 Å². The van der Waals surface area contributed by atoms with Gasteiger partial charge in [0.15, 0.2) is 0 Å². The van der Waals surface area contributed by atoms with Crippen LogP contribution in [0, 0.1) is 5.82 Å². The molecule has 172 valence electrons. The Morgan fingerprint density at radius 1 is 1.06 bits per heavy atom. The molecule has 32 heavy (non-hydrogen) atoms. The van der Waals surface area contributed by atoms with E-state index in [1.54, 1.807) is 13.1 Å². The van der Waals surface area contributed by atoms with Gasteiger partial charge in [-0.15, -0.1) is 0 Å². The standard InChI is InChI=1S/C23H32FN6O2/c1-4-5-8-11-30-19(25-21-20(30)22(31)27(3)23(32)26(21)2)16-28-12-14-29(15-13-28)18-10-7-6-9-17(18)24/h6-7,9-10,20H,4-5,8,11-16H2,1-3H3/q+1. The zero-order valence-electron chi connectivity index (χ0n) is 19.1. The lowest BCUT2D eigenvalue weighted by Crippen LogP contribution is -2.61. The first-order chi connectivity index (χ1) is 15.4. The van der Waals surface area contributed by atoms with Gasteiger partial charge in [-0.1, -0.05) is 25.5 Å². The van der Waals surface area contributed by atoms with Crippen molar-refractivity contribution in [3.63, 3.8) is 0 Å². The number of urea groups is 1. The molecule has 8 nitrogen and oxygen atoms in total. The van der Waals surface area contributed by atoms with E-state index in [-0.39, 0.29) is 17.8 Å². The van der Waals surface area contributed by atoms with Gasteiger partial charge < -0.3 is 4.90 Å². The molecule has 3 aliphatic rings. The zero-order chi connectivity index (χ0) is 22.8. The number of hydrogen-bond donors (Lipinski definition) is 0. The third kappa shape index (κ3) is 4.13. The number of carbonyl (C=O) groups is 2. The molecule has 0 aliphatic carbocycles. The molecule has 9 heteroatoms. The van der Waals surface area contributed by atoms with Crippen LogP contribution in [0.3, 0.4) is 0 Å². The van der Waals surface area contributed by atoms with Crippen LogP contribution >= 0.6 is 0 Å². The highest BCUT2D eigenvalue weighted by atomic mass is 19.1. The molecule has 1 aromatic carbocycles. The van der Waals surface area contributed by atoms with Gasteiger partial charge in [0.2, 0.25) is 0 Å². The Hall–Kier alpha value is -2.81. The molecular formula is C23H32FN6O2+. The summed E-state index contributed by atoms with van der Waals surface area (Å²) in [6.07, 6.45) is 3.13. The number of halogens is 1. The third-order valence-corrected chi connectivity index (χ3v) is 6.55. The number of rotatable bonds is 7. The summed E-state index contributed by atoms with van der Waals surface area (Å²) in [6, 6.07) is 5.99. The molecule has 1 unspecified atom stereocenters. The van der Waals surface area contributed by atoms with E-state index in [4.69, 9.17) is 4.99 Å². The number of piperazine rings is 1. The van der Waals surface area contributed by atoms with Crippen molar-refractivity contribution in [2.24, 2.45) is 4.99 Å². The minimum Gasteiger partial charge on any atom is -0.367 e. The molecule has 0 spiro atoms. The molecule has 0 aromatic heterocycles. The molecule has 0 bridgehead atoms. The van der Waals surface area contributed by atoms with Crippen LogP contribution in [-0.2, 0) is 4.79 Å². The van der Waals surface area contributed by atoms with Crippen LogP contribution < -0.4 is 4.90 Å². The Balaban J connectivity index is 1.50. The van der Waals surface area contributed by atoms with E-state index in [2.05, 4.69) is 21.3 Å². The van der Waals surface area contributed by atoms with Crippen LogP contribution in [0.15, 0.2) is 29.3 Å². The van der Waals surface area contributed by atoms with E-state index in [1.165, 1.54) is 22.9 Å². The number of benzene rings is 1. The number of anilines is 1. The van der Waals surface area contributed by atoms with Gasteiger partial charge in [-0.05, 0) is 30.0 Å². The fourth-order valence-corrected chi connectivity index (χ4v) is 4.62. The maximum atomic E-state index is 14.2. The molecule has 3 aliphatic heterocycles. The third-order valence-electron chi connectivity index (χ3n) is 6.55. The Morgan fingerprint density at radius 2 is 1.78 bits per heavy atom. The average Bonchev–Trinajstić information content (AvgIpc) is 3.15. The Morgan fingerprint density at radius 3 is 2.47 bits per heavy atom. The summed E-state index contributed by atoms with van der Waals surface area (Å²) in [7, 11) is 3.21. The van der Waals surface area contributed by atoms with Crippen LogP contribution in [0.1, 0.15) is 26.2 Å². The molecule has 0 saturated carbocycles. The Labute approximate surface area is 188 Å².